The van der Waals surface area contributed by atoms with Crippen molar-refractivity contribution in [1.29, 1.82) is 0 Å². The van der Waals surface area contributed by atoms with E-state index in [0.29, 0.717) is 31.3 Å². The number of hydrogen-bond acceptors (Lipinski definition) is 4. The summed E-state index contributed by atoms with van der Waals surface area (Å²) in [5, 5.41) is 4.04. The van der Waals surface area contributed by atoms with Gasteiger partial charge in [-0.2, -0.15) is 0 Å². The summed E-state index contributed by atoms with van der Waals surface area (Å²) in [7, 11) is 3.41. The molecule has 1 atom stereocenters. The Bertz CT molecular complexity index is 684. The van der Waals surface area contributed by atoms with Crippen LogP contribution in [-0.2, 0) is 16.1 Å². The zero-order valence-corrected chi connectivity index (χ0v) is 16.7. The lowest BCUT2D eigenvalue weighted by atomic mass is 10.2. The van der Waals surface area contributed by atoms with Gasteiger partial charge in [-0.3, -0.25) is 9.79 Å². The number of nitrogens with zero attached hydrogens (tertiary/aromatic N) is 3. The molecular formula is C19H27ClN4O3. The summed E-state index contributed by atoms with van der Waals surface area (Å²) in [4.78, 5) is 20.9. The number of halogens is 1. The first-order valence-electron chi connectivity index (χ1n) is 9.30. The molecule has 8 heteroatoms. The van der Waals surface area contributed by atoms with Gasteiger partial charge in [-0.25, -0.2) is 0 Å². The Morgan fingerprint density at radius 3 is 2.70 bits per heavy atom. The van der Waals surface area contributed by atoms with Crippen molar-refractivity contribution in [2.45, 2.75) is 25.5 Å². The van der Waals surface area contributed by atoms with Crippen LogP contribution in [0.4, 0.5) is 0 Å². The topological polar surface area (TPSA) is 66.4 Å². The standard InChI is InChI=1S/C19H27ClN4O3/c1-21-19(22-13-14-12-15(20)5-6-16(14)26-2)24-9-7-23(8-10-24)18(25)17-4-3-11-27-17/h5-6,12,17H,3-4,7-11,13H2,1-2H3,(H,21,22). The molecule has 0 aromatic heterocycles. The second-order valence-electron chi connectivity index (χ2n) is 6.67. The van der Waals surface area contributed by atoms with Gasteiger partial charge >= 0.3 is 0 Å². The Labute approximate surface area is 165 Å². The summed E-state index contributed by atoms with van der Waals surface area (Å²) in [5.74, 6) is 1.72. The highest BCUT2D eigenvalue weighted by molar-refractivity contribution is 6.30. The Morgan fingerprint density at radius 1 is 1.33 bits per heavy atom. The van der Waals surface area contributed by atoms with Gasteiger partial charge in [0.25, 0.3) is 5.91 Å². The van der Waals surface area contributed by atoms with Crippen LogP contribution in [0.15, 0.2) is 23.2 Å². The Balaban J connectivity index is 1.53. The van der Waals surface area contributed by atoms with Crippen molar-refractivity contribution >= 4 is 23.5 Å². The summed E-state index contributed by atoms with van der Waals surface area (Å²) in [6, 6.07) is 5.56. The predicted octanol–water partition coefficient (Wildman–Crippen LogP) is 1.75. The predicted molar refractivity (Wildman–Crippen MR) is 105 cm³/mol. The van der Waals surface area contributed by atoms with Crippen molar-refractivity contribution in [1.82, 2.24) is 15.1 Å². The first kappa shape index (κ1) is 19.8. The van der Waals surface area contributed by atoms with Gasteiger partial charge in [0.15, 0.2) is 5.96 Å². The van der Waals surface area contributed by atoms with Crippen molar-refractivity contribution in [3.63, 3.8) is 0 Å². The van der Waals surface area contributed by atoms with E-state index in [4.69, 9.17) is 21.1 Å². The van der Waals surface area contributed by atoms with Crippen LogP contribution in [0.5, 0.6) is 5.75 Å². The number of carbonyl (C=O) groups is 1. The fourth-order valence-corrected chi connectivity index (χ4v) is 3.70. The normalized spacial score (nSPS) is 20.7. The average molecular weight is 395 g/mol. The van der Waals surface area contributed by atoms with E-state index in [0.717, 1.165) is 43.2 Å². The zero-order chi connectivity index (χ0) is 19.2. The molecule has 2 aliphatic heterocycles. The number of nitrogens with one attached hydrogen (secondary N) is 1. The highest BCUT2D eigenvalue weighted by atomic mass is 35.5. The summed E-state index contributed by atoms with van der Waals surface area (Å²) in [6.07, 6.45) is 1.56. The minimum Gasteiger partial charge on any atom is -0.496 e. The summed E-state index contributed by atoms with van der Waals surface area (Å²) < 4.78 is 10.9. The molecule has 1 aromatic carbocycles. The van der Waals surface area contributed by atoms with Crippen molar-refractivity contribution < 1.29 is 14.3 Å². The minimum atomic E-state index is -0.246. The quantitative estimate of drug-likeness (QED) is 0.622. The molecule has 2 fully saturated rings. The van der Waals surface area contributed by atoms with Gasteiger partial charge in [-0.15, -0.1) is 0 Å². The summed E-state index contributed by atoms with van der Waals surface area (Å²) in [5.41, 5.74) is 0.971. The third-order valence-electron chi connectivity index (χ3n) is 4.99. The number of rotatable bonds is 4. The molecule has 1 amide bonds. The van der Waals surface area contributed by atoms with E-state index in [1.165, 1.54) is 0 Å². The highest BCUT2D eigenvalue weighted by Gasteiger charge is 2.30. The van der Waals surface area contributed by atoms with Gasteiger partial charge in [0.1, 0.15) is 11.9 Å². The van der Waals surface area contributed by atoms with E-state index < -0.39 is 0 Å². The molecule has 0 bridgehead atoms. The maximum absolute atomic E-state index is 12.5. The second kappa shape index (κ2) is 9.28. The van der Waals surface area contributed by atoms with Gasteiger partial charge in [-0.05, 0) is 31.0 Å². The van der Waals surface area contributed by atoms with Crippen molar-refractivity contribution in [2.75, 3.05) is 46.9 Å². The molecule has 148 valence electrons. The zero-order valence-electron chi connectivity index (χ0n) is 15.9. The number of hydrogen-bond donors (Lipinski definition) is 1. The monoisotopic (exact) mass is 394 g/mol. The van der Waals surface area contributed by atoms with E-state index in [-0.39, 0.29) is 12.0 Å². The van der Waals surface area contributed by atoms with Crippen LogP contribution in [0.1, 0.15) is 18.4 Å². The van der Waals surface area contributed by atoms with Crippen molar-refractivity contribution in [2.24, 2.45) is 4.99 Å². The molecule has 0 aliphatic carbocycles. The SMILES string of the molecule is CN=C(NCc1cc(Cl)ccc1OC)N1CCN(C(=O)C2CCCO2)CC1. The molecule has 1 aromatic rings. The molecule has 2 aliphatic rings. The third-order valence-corrected chi connectivity index (χ3v) is 5.22. The van der Waals surface area contributed by atoms with E-state index in [2.05, 4.69) is 15.2 Å². The Morgan fingerprint density at radius 2 is 2.07 bits per heavy atom. The van der Waals surface area contributed by atoms with Crippen molar-refractivity contribution in [3.05, 3.63) is 28.8 Å². The molecule has 0 saturated carbocycles. The molecule has 1 N–H and O–H groups in total. The first-order valence-corrected chi connectivity index (χ1v) is 9.68. The maximum atomic E-state index is 12.5. The van der Waals surface area contributed by atoms with Gasteiger partial charge in [0, 0.05) is 57.0 Å². The van der Waals surface area contributed by atoms with Crippen LogP contribution in [0.3, 0.4) is 0 Å². The number of piperazine rings is 1. The number of aliphatic imine (C=N–C) groups is 1. The lowest BCUT2D eigenvalue weighted by molar-refractivity contribution is -0.142. The minimum absolute atomic E-state index is 0.124. The van der Waals surface area contributed by atoms with Crippen LogP contribution in [0, 0.1) is 0 Å². The second-order valence-corrected chi connectivity index (χ2v) is 7.11. The molecule has 0 radical (unpaired) electrons. The lowest BCUT2D eigenvalue weighted by Gasteiger charge is -2.37. The summed E-state index contributed by atoms with van der Waals surface area (Å²) in [6.45, 7) is 4.10. The molecule has 3 rings (SSSR count). The van der Waals surface area contributed by atoms with Crippen LogP contribution < -0.4 is 10.1 Å². The number of amides is 1. The van der Waals surface area contributed by atoms with E-state index in [1.807, 2.05) is 23.1 Å². The number of methoxy groups -OCH3 is 1. The van der Waals surface area contributed by atoms with Crippen molar-refractivity contribution in [3.8, 4) is 5.75 Å². The lowest BCUT2D eigenvalue weighted by Crippen LogP contribution is -2.55. The first-order chi connectivity index (χ1) is 13.1. The largest absolute Gasteiger partial charge is 0.496 e. The van der Waals surface area contributed by atoms with Gasteiger partial charge in [0.2, 0.25) is 0 Å². The third kappa shape index (κ3) is 4.84. The van der Waals surface area contributed by atoms with Gasteiger partial charge < -0.3 is 24.6 Å². The van der Waals surface area contributed by atoms with Crippen LogP contribution >= 0.6 is 11.6 Å². The Kier molecular flexibility index (Phi) is 6.79. The van der Waals surface area contributed by atoms with E-state index in [1.54, 1.807) is 14.2 Å². The van der Waals surface area contributed by atoms with E-state index >= 15 is 0 Å². The van der Waals surface area contributed by atoms with Crippen LogP contribution in [0.25, 0.3) is 0 Å². The molecule has 2 saturated heterocycles. The van der Waals surface area contributed by atoms with Gasteiger partial charge in [-0.1, -0.05) is 11.6 Å². The molecule has 0 spiro atoms. The average Bonchev–Trinajstić information content (AvgIpc) is 3.23. The Hall–Kier alpha value is -1.99. The van der Waals surface area contributed by atoms with Gasteiger partial charge in [0.05, 0.1) is 7.11 Å². The molecule has 27 heavy (non-hydrogen) atoms. The smallest absolute Gasteiger partial charge is 0.251 e. The number of carbonyl (C=O) groups excluding carboxylic acids is 1. The van der Waals surface area contributed by atoms with Crippen LogP contribution in [-0.4, -0.2) is 74.7 Å². The molecule has 2 heterocycles. The molecule has 1 unspecified atom stereocenters. The van der Waals surface area contributed by atoms with E-state index in [9.17, 15) is 4.79 Å². The molecule has 7 nitrogen and oxygen atoms in total. The fourth-order valence-electron chi connectivity index (χ4n) is 3.51. The maximum Gasteiger partial charge on any atom is 0.251 e. The fraction of sp³-hybridized carbons (Fsp3) is 0.579. The summed E-state index contributed by atoms with van der Waals surface area (Å²) >= 11 is 6.10. The number of guanidine groups is 1. The van der Waals surface area contributed by atoms with Crippen LogP contribution in [0.2, 0.25) is 5.02 Å². The number of ether oxygens (including phenoxy) is 2. The highest BCUT2D eigenvalue weighted by Crippen LogP contribution is 2.22. The molecular weight excluding hydrogens is 368 g/mol. The number of benzene rings is 1.